The van der Waals surface area contributed by atoms with E-state index < -0.39 is 0 Å². The summed E-state index contributed by atoms with van der Waals surface area (Å²) in [5, 5.41) is 11.8. The maximum Gasteiger partial charge on any atom is 0.228 e. The van der Waals surface area contributed by atoms with E-state index in [1.54, 1.807) is 0 Å². The van der Waals surface area contributed by atoms with Crippen molar-refractivity contribution in [2.45, 2.75) is 52.7 Å². The number of pyridine rings is 1. The molecule has 0 unspecified atom stereocenters. The van der Waals surface area contributed by atoms with Crippen LogP contribution in [0.25, 0.3) is 11.0 Å². The average molecular weight is 423 g/mol. The molecule has 31 heavy (non-hydrogen) atoms. The predicted octanol–water partition coefficient (Wildman–Crippen LogP) is 2.48. The molecular formula is C22H30N8O. The molecule has 2 atom stereocenters. The number of fused-ring (bicyclic) bond motifs is 3. The van der Waals surface area contributed by atoms with E-state index in [4.69, 9.17) is 19.8 Å². The second-order valence-corrected chi connectivity index (χ2v) is 8.47. The summed E-state index contributed by atoms with van der Waals surface area (Å²) < 4.78 is 7.53. The van der Waals surface area contributed by atoms with Crippen LogP contribution in [0, 0.1) is 20.8 Å². The van der Waals surface area contributed by atoms with Crippen LogP contribution in [0.3, 0.4) is 0 Å². The molecule has 0 spiro atoms. The number of nitrogens with zero attached hydrogens (tertiary/aromatic N) is 6. The largest absolute Gasteiger partial charge is 0.380 e. The molecule has 2 aliphatic heterocycles. The smallest absolute Gasteiger partial charge is 0.228 e. The van der Waals surface area contributed by atoms with E-state index in [1.165, 1.54) is 0 Å². The Hall–Kier alpha value is -2.78. The van der Waals surface area contributed by atoms with Crippen LogP contribution >= 0.6 is 0 Å². The molecule has 9 nitrogen and oxygen atoms in total. The Kier molecular flexibility index (Phi) is 5.23. The summed E-state index contributed by atoms with van der Waals surface area (Å²) in [6.45, 7) is 12.0. The van der Waals surface area contributed by atoms with Crippen molar-refractivity contribution in [3.63, 3.8) is 0 Å². The molecule has 0 saturated carbocycles. The molecular weight excluding hydrogens is 392 g/mol. The lowest BCUT2D eigenvalue weighted by molar-refractivity contribution is 0.137. The third-order valence-corrected chi connectivity index (χ3v) is 6.31. The lowest BCUT2D eigenvalue weighted by Crippen LogP contribution is -2.44. The fourth-order valence-electron chi connectivity index (χ4n) is 4.54. The van der Waals surface area contributed by atoms with Crippen LogP contribution in [0.15, 0.2) is 12.3 Å². The van der Waals surface area contributed by atoms with Gasteiger partial charge in [-0.15, -0.1) is 0 Å². The number of hydrogen-bond acceptors (Lipinski definition) is 8. The molecule has 5 heterocycles. The van der Waals surface area contributed by atoms with Gasteiger partial charge in [-0.3, -0.25) is 9.67 Å². The van der Waals surface area contributed by atoms with Gasteiger partial charge in [0, 0.05) is 37.5 Å². The van der Waals surface area contributed by atoms with Gasteiger partial charge in [-0.2, -0.15) is 10.1 Å². The van der Waals surface area contributed by atoms with Gasteiger partial charge in [-0.05, 0) is 45.7 Å². The maximum atomic E-state index is 5.57. The van der Waals surface area contributed by atoms with E-state index in [2.05, 4.69) is 33.5 Å². The van der Waals surface area contributed by atoms with Gasteiger partial charge < -0.3 is 20.3 Å². The molecule has 0 aliphatic carbocycles. The lowest BCUT2D eigenvalue weighted by Gasteiger charge is -2.27. The molecule has 164 valence electrons. The zero-order valence-corrected chi connectivity index (χ0v) is 18.6. The van der Waals surface area contributed by atoms with Crippen LogP contribution < -0.4 is 15.5 Å². The predicted molar refractivity (Wildman–Crippen MR) is 121 cm³/mol. The summed E-state index contributed by atoms with van der Waals surface area (Å²) >= 11 is 0. The number of piperazine rings is 1. The Bertz CT molecular complexity index is 1110. The molecule has 2 fully saturated rings. The number of rotatable bonds is 7. The highest BCUT2D eigenvalue weighted by Gasteiger charge is 2.39. The monoisotopic (exact) mass is 422 g/mol. The molecule has 2 bridgehead atoms. The van der Waals surface area contributed by atoms with Crippen molar-refractivity contribution in [1.29, 1.82) is 0 Å². The topological polar surface area (TPSA) is 93.0 Å². The number of anilines is 3. The summed E-state index contributed by atoms with van der Waals surface area (Å²) in [5.74, 6) is 1.53. The number of hydrogen-bond donors (Lipinski definition) is 2. The maximum absolute atomic E-state index is 5.57. The molecule has 3 aromatic rings. The quantitative estimate of drug-likeness (QED) is 0.561. The van der Waals surface area contributed by atoms with Gasteiger partial charge in [0.1, 0.15) is 11.0 Å². The summed E-state index contributed by atoms with van der Waals surface area (Å²) in [7, 11) is 0. The Balaban J connectivity index is 1.59. The van der Waals surface area contributed by atoms with Crippen LogP contribution in [0.1, 0.15) is 30.3 Å². The standard InChI is InChI=1S/C22H30N8O/c1-5-31-7-6-30-20-19(15(4)28-30)26-22(29-12-17-9-18(29)11-24-17)27-21(20)25-16-8-13(2)14(3)23-10-16/h8,10,17-18,24H,5-7,9,11-12H2,1-4H3,(H,25,26,27)/t17-,18-/m1/s1. The van der Waals surface area contributed by atoms with E-state index in [1.807, 2.05) is 31.6 Å². The summed E-state index contributed by atoms with van der Waals surface area (Å²) in [5.41, 5.74) is 5.77. The number of aromatic nitrogens is 5. The van der Waals surface area contributed by atoms with Crippen molar-refractivity contribution >= 4 is 28.5 Å². The van der Waals surface area contributed by atoms with E-state index >= 15 is 0 Å². The first-order chi connectivity index (χ1) is 15.0. The number of aryl methyl sites for hydroxylation is 3. The van der Waals surface area contributed by atoms with Crippen molar-refractivity contribution in [3.8, 4) is 0 Å². The first-order valence-corrected chi connectivity index (χ1v) is 11.1. The van der Waals surface area contributed by atoms with Gasteiger partial charge in [-0.1, -0.05) is 0 Å². The van der Waals surface area contributed by atoms with Gasteiger partial charge in [0.15, 0.2) is 5.82 Å². The fraction of sp³-hybridized carbons (Fsp3) is 0.545. The lowest BCUT2D eigenvalue weighted by atomic mass is 10.2. The fourth-order valence-corrected chi connectivity index (χ4v) is 4.54. The molecule has 9 heteroatoms. The molecule has 0 aromatic carbocycles. The van der Waals surface area contributed by atoms with Gasteiger partial charge >= 0.3 is 0 Å². The molecule has 3 aromatic heterocycles. The Labute approximate surface area is 182 Å². The molecule has 2 saturated heterocycles. The minimum Gasteiger partial charge on any atom is -0.380 e. The highest BCUT2D eigenvalue weighted by molar-refractivity contribution is 5.90. The Morgan fingerprint density at radius 3 is 2.81 bits per heavy atom. The van der Waals surface area contributed by atoms with Crippen molar-refractivity contribution in [2.75, 3.05) is 36.5 Å². The summed E-state index contributed by atoms with van der Waals surface area (Å²) in [4.78, 5) is 16.8. The summed E-state index contributed by atoms with van der Waals surface area (Å²) in [6, 6.07) is 3.08. The SMILES string of the molecule is CCOCCn1nc(C)c2nc(N3C[C@H]4C[C@@H]3CN4)nc(Nc3cnc(C)c(C)c3)c21. The zero-order chi connectivity index (χ0) is 21.5. The molecule has 0 amide bonds. The second kappa shape index (κ2) is 8.05. The third kappa shape index (κ3) is 3.72. The van der Waals surface area contributed by atoms with Crippen LogP contribution in [0.2, 0.25) is 0 Å². The van der Waals surface area contributed by atoms with Crippen LogP contribution in [0.5, 0.6) is 0 Å². The van der Waals surface area contributed by atoms with Gasteiger partial charge in [0.25, 0.3) is 0 Å². The van der Waals surface area contributed by atoms with Crippen LogP contribution in [0.4, 0.5) is 17.5 Å². The van der Waals surface area contributed by atoms with E-state index in [0.29, 0.717) is 31.8 Å². The van der Waals surface area contributed by atoms with Crippen molar-refractivity contribution in [1.82, 2.24) is 30.0 Å². The molecule has 5 rings (SSSR count). The zero-order valence-electron chi connectivity index (χ0n) is 18.6. The minimum atomic E-state index is 0.451. The van der Waals surface area contributed by atoms with E-state index in [0.717, 1.165) is 64.9 Å². The van der Waals surface area contributed by atoms with Crippen LogP contribution in [-0.2, 0) is 11.3 Å². The van der Waals surface area contributed by atoms with Crippen molar-refractivity contribution in [2.24, 2.45) is 0 Å². The highest BCUT2D eigenvalue weighted by atomic mass is 16.5. The summed E-state index contributed by atoms with van der Waals surface area (Å²) in [6.07, 6.45) is 3.00. The second-order valence-electron chi connectivity index (χ2n) is 8.47. The van der Waals surface area contributed by atoms with Gasteiger partial charge in [-0.25, -0.2) is 4.98 Å². The number of nitrogens with one attached hydrogen (secondary N) is 2. The normalized spacial score (nSPS) is 20.2. The molecule has 0 radical (unpaired) electrons. The van der Waals surface area contributed by atoms with Crippen molar-refractivity contribution < 1.29 is 4.74 Å². The first kappa shape index (κ1) is 20.1. The molecule has 2 aliphatic rings. The number of ether oxygens (including phenoxy) is 1. The third-order valence-electron chi connectivity index (χ3n) is 6.31. The van der Waals surface area contributed by atoms with E-state index in [-0.39, 0.29) is 0 Å². The van der Waals surface area contributed by atoms with E-state index in [9.17, 15) is 0 Å². The first-order valence-electron chi connectivity index (χ1n) is 11.1. The highest BCUT2D eigenvalue weighted by Crippen LogP contribution is 2.32. The Morgan fingerprint density at radius 2 is 2.10 bits per heavy atom. The minimum absolute atomic E-state index is 0.451. The average Bonchev–Trinajstić information content (AvgIpc) is 3.46. The van der Waals surface area contributed by atoms with Gasteiger partial charge in [0.05, 0.1) is 30.7 Å². The molecule has 2 N–H and O–H groups in total. The van der Waals surface area contributed by atoms with Crippen LogP contribution in [-0.4, -0.2) is 63.1 Å². The Morgan fingerprint density at radius 1 is 1.23 bits per heavy atom. The van der Waals surface area contributed by atoms with Crippen molar-refractivity contribution in [3.05, 3.63) is 29.2 Å². The van der Waals surface area contributed by atoms with Gasteiger partial charge in [0.2, 0.25) is 5.95 Å².